The highest BCUT2D eigenvalue weighted by Gasteiger charge is 2.21. The number of nitrogens with two attached hydrogens (primary N) is 1. The van der Waals surface area contributed by atoms with Gasteiger partial charge in [0, 0.05) is 0 Å². The summed E-state index contributed by atoms with van der Waals surface area (Å²) >= 11 is 16.9. The zero-order chi connectivity index (χ0) is 11.7. The normalized spacial score (nSPS) is 10.1. The molecule has 1 rings (SSSR count). The van der Waals surface area contributed by atoms with Crippen LogP contribution in [0.3, 0.4) is 0 Å². The highest BCUT2D eigenvalue weighted by molar-refractivity contribution is 6.47. The number of aromatic carboxylic acids is 1. The zero-order valence-electron chi connectivity index (χ0n) is 7.05. The standard InChI is InChI=1S/C8H4Cl3NO3/c9-3-1-2(8(14)15)5(10)4(6(3)11)7(12)13/h1H,(H2,12,13)(H,14,15). The lowest BCUT2D eigenvalue weighted by molar-refractivity contribution is 0.0697. The Hall–Kier alpha value is -0.970. The monoisotopic (exact) mass is 267 g/mol. The number of hydrogen-bond acceptors (Lipinski definition) is 2. The largest absolute Gasteiger partial charge is 0.478 e. The van der Waals surface area contributed by atoms with Crippen LogP contribution in [0.1, 0.15) is 20.7 Å². The van der Waals surface area contributed by atoms with E-state index in [2.05, 4.69) is 0 Å². The lowest BCUT2D eigenvalue weighted by Gasteiger charge is -2.07. The smallest absolute Gasteiger partial charge is 0.337 e. The number of amides is 1. The molecule has 0 aliphatic carbocycles. The van der Waals surface area contributed by atoms with Gasteiger partial charge in [0.2, 0.25) is 0 Å². The summed E-state index contributed by atoms with van der Waals surface area (Å²) in [6.45, 7) is 0. The van der Waals surface area contributed by atoms with Crippen LogP contribution in [-0.4, -0.2) is 17.0 Å². The second-order valence-corrected chi connectivity index (χ2v) is 3.74. The van der Waals surface area contributed by atoms with Gasteiger partial charge in [-0.2, -0.15) is 0 Å². The lowest BCUT2D eigenvalue weighted by atomic mass is 10.1. The molecule has 0 atom stereocenters. The van der Waals surface area contributed by atoms with Crippen LogP contribution in [0, 0.1) is 0 Å². The van der Waals surface area contributed by atoms with Crippen molar-refractivity contribution in [1.82, 2.24) is 0 Å². The van der Waals surface area contributed by atoms with Gasteiger partial charge in [-0.3, -0.25) is 4.79 Å². The van der Waals surface area contributed by atoms with Gasteiger partial charge in [-0.05, 0) is 6.07 Å². The zero-order valence-corrected chi connectivity index (χ0v) is 9.32. The van der Waals surface area contributed by atoms with Crippen LogP contribution in [0.15, 0.2) is 6.07 Å². The number of hydrogen-bond donors (Lipinski definition) is 2. The van der Waals surface area contributed by atoms with E-state index in [4.69, 9.17) is 45.6 Å². The Labute approximate surface area is 99.5 Å². The number of carbonyl (C=O) groups excluding carboxylic acids is 1. The van der Waals surface area contributed by atoms with Crippen molar-refractivity contribution in [3.8, 4) is 0 Å². The minimum absolute atomic E-state index is 0.0905. The molecule has 7 heteroatoms. The molecule has 4 nitrogen and oxygen atoms in total. The summed E-state index contributed by atoms with van der Waals surface area (Å²) in [5.41, 5.74) is 4.39. The molecule has 0 spiro atoms. The molecule has 3 N–H and O–H groups in total. The average molecular weight is 268 g/mol. The van der Waals surface area contributed by atoms with E-state index in [0.29, 0.717) is 0 Å². The van der Waals surface area contributed by atoms with Gasteiger partial charge in [-0.1, -0.05) is 34.8 Å². The van der Waals surface area contributed by atoms with Crippen LogP contribution in [0.2, 0.25) is 15.1 Å². The van der Waals surface area contributed by atoms with Crippen LogP contribution in [0.25, 0.3) is 0 Å². The summed E-state index contributed by atoms with van der Waals surface area (Å²) < 4.78 is 0. The van der Waals surface area contributed by atoms with Crippen LogP contribution < -0.4 is 5.73 Å². The highest BCUT2D eigenvalue weighted by Crippen LogP contribution is 2.34. The topological polar surface area (TPSA) is 80.4 Å². The third-order valence-corrected chi connectivity index (χ3v) is 2.81. The van der Waals surface area contributed by atoms with Gasteiger partial charge in [0.15, 0.2) is 0 Å². The Balaban J connectivity index is 3.63. The van der Waals surface area contributed by atoms with Gasteiger partial charge in [0.1, 0.15) is 0 Å². The maximum atomic E-state index is 11.0. The third kappa shape index (κ3) is 2.17. The maximum absolute atomic E-state index is 11.0. The number of halogens is 3. The molecule has 0 aromatic heterocycles. The summed E-state index contributed by atoms with van der Waals surface area (Å²) in [7, 11) is 0. The maximum Gasteiger partial charge on any atom is 0.337 e. The Bertz CT molecular complexity index is 459. The van der Waals surface area contributed by atoms with E-state index in [9.17, 15) is 9.59 Å². The van der Waals surface area contributed by atoms with E-state index in [1.807, 2.05) is 0 Å². The van der Waals surface area contributed by atoms with E-state index in [1.165, 1.54) is 0 Å². The van der Waals surface area contributed by atoms with Gasteiger partial charge >= 0.3 is 5.97 Å². The van der Waals surface area contributed by atoms with Crippen molar-refractivity contribution in [3.05, 3.63) is 32.3 Å². The first-order chi connectivity index (χ1) is 6.86. The lowest BCUT2D eigenvalue weighted by Crippen LogP contribution is -2.14. The molecule has 0 heterocycles. The number of rotatable bonds is 2. The van der Waals surface area contributed by atoms with Crippen LogP contribution in [0.5, 0.6) is 0 Å². The molecule has 0 radical (unpaired) electrons. The summed E-state index contributed by atoms with van der Waals surface area (Å²) in [6, 6.07) is 1.06. The summed E-state index contributed by atoms with van der Waals surface area (Å²) in [6.07, 6.45) is 0. The molecule has 0 saturated heterocycles. The molecule has 0 unspecified atom stereocenters. The first kappa shape index (κ1) is 12.1. The fourth-order valence-electron chi connectivity index (χ4n) is 0.976. The van der Waals surface area contributed by atoms with Gasteiger partial charge in [-0.25, -0.2) is 4.79 Å². The number of carboxylic acid groups (broad SMARTS) is 1. The molecule has 0 bridgehead atoms. The van der Waals surface area contributed by atoms with Crippen molar-refractivity contribution in [2.45, 2.75) is 0 Å². The second-order valence-electron chi connectivity index (χ2n) is 2.58. The van der Waals surface area contributed by atoms with Crippen molar-refractivity contribution < 1.29 is 14.7 Å². The van der Waals surface area contributed by atoms with E-state index < -0.39 is 11.9 Å². The number of primary amides is 1. The van der Waals surface area contributed by atoms with Gasteiger partial charge in [0.05, 0.1) is 26.2 Å². The highest BCUT2D eigenvalue weighted by atomic mass is 35.5. The number of carboxylic acids is 1. The van der Waals surface area contributed by atoms with Gasteiger partial charge in [0.25, 0.3) is 5.91 Å². The molecule has 0 aliphatic heterocycles. The van der Waals surface area contributed by atoms with Crippen LogP contribution in [-0.2, 0) is 0 Å². The molecule has 0 fully saturated rings. The van der Waals surface area contributed by atoms with Crippen LogP contribution >= 0.6 is 34.8 Å². The fraction of sp³-hybridized carbons (Fsp3) is 0. The van der Waals surface area contributed by atoms with Gasteiger partial charge < -0.3 is 10.8 Å². The second kappa shape index (κ2) is 4.26. The molecular formula is C8H4Cl3NO3. The molecule has 0 aliphatic rings. The molecule has 80 valence electrons. The van der Waals surface area contributed by atoms with Crippen molar-refractivity contribution in [3.63, 3.8) is 0 Å². The van der Waals surface area contributed by atoms with Crippen molar-refractivity contribution in [2.75, 3.05) is 0 Å². The van der Waals surface area contributed by atoms with Gasteiger partial charge in [-0.15, -0.1) is 0 Å². The van der Waals surface area contributed by atoms with E-state index in [1.54, 1.807) is 0 Å². The van der Waals surface area contributed by atoms with Crippen LogP contribution in [0.4, 0.5) is 0 Å². The molecule has 1 amide bonds. The third-order valence-electron chi connectivity index (χ3n) is 1.63. The quantitative estimate of drug-likeness (QED) is 0.808. The van der Waals surface area contributed by atoms with E-state index in [-0.39, 0.29) is 26.2 Å². The number of carbonyl (C=O) groups is 2. The van der Waals surface area contributed by atoms with E-state index >= 15 is 0 Å². The summed E-state index contributed by atoms with van der Waals surface area (Å²) in [4.78, 5) is 21.7. The molecular weight excluding hydrogens is 264 g/mol. The van der Waals surface area contributed by atoms with Crippen molar-refractivity contribution in [1.29, 1.82) is 0 Å². The predicted molar refractivity (Wildman–Crippen MR) is 56.9 cm³/mol. The fourth-order valence-corrected chi connectivity index (χ4v) is 1.79. The Kier molecular flexibility index (Phi) is 3.44. The Morgan fingerprint density at radius 1 is 1.20 bits per heavy atom. The molecule has 15 heavy (non-hydrogen) atoms. The number of benzene rings is 1. The predicted octanol–water partition coefficient (Wildman–Crippen LogP) is 2.44. The average Bonchev–Trinajstić information content (AvgIpc) is 2.10. The SMILES string of the molecule is NC(=O)c1c(Cl)c(Cl)cc(C(=O)O)c1Cl. The van der Waals surface area contributed by atoms with Crippen molar-refractivity contribution in [2.24, 2.45) is 5.73 Å². The summed E-state index contributed by atoms with van der Waals surface area (Å²) in [5.74, 6) is -2.25. The molecule has 1 aromatic carbocycles. The van der Waals surface area contributed by atoms with E-state index in [0.717, 1.165) is 6.07 Å². The van der Waals surface area contributed by atoms with Crippen molar-refractivity contribution >= 4 is 46.7 Å². The minimum atomic E-state index is -1.32. The Morgan fingerprint density at radius 3 is 2.13 bits per heavy atom. The molecule has 0 saturated carbocycles. The first-order valence-electron chi connectivity index (χ1n) is 3.56. The summed E-state index contributed by atoms with van der Waals surface area (Å²) in [5, 5.41) is 8.19. The minimum Gasteiger partial charge on any atom is -0.478 e. The molecule has 1 aromatic rings. The Morgan fingerprint density at radius 2 is 1.73 bits per heavy atom. The first-order valence-corrected chi connectivity index (χ1v) is 4.70.